The summed E-state index contributed by atoms with van der Waals surface area (Å²) < 4.78 is 5.57. The molecule has 2 aromatic carbocycles. The van der Waals surface area contributed by atoms with Crippen molar-refractivity contribution in [2.24, 2.45) is 0 Å². The third-order valence-corrected chi connectivity index (χ3v) is 6.57. The Bertz CT molecular complexity index is 1140. The van der Waals surface area contributed by atoms with Crippen LogP contribution in [0.2, 0.25) is 0 Å². The first-order valence-electron chi connectivity index (χ1n) is 10.1. The second-order valence-electron chi connectivity index (χ2n) is 7.21. The number of ether oxygens (including phenoxy) is 1. The molecule has 0 saturated carbocycles. The number of hydrogen-bond donors (Lipinski definition) is 1. The minimum absolute atomic E-state index is 0.180. The van der Waals surface area contributed by atoms with E-state index in [9.17, 15) is 14.4 Å². The molecule has 1 saturated heterocycles. The van der Waals surface area contributed by atoms with Gasteiger partial charge in [0.25, 0.3) is 11.8 Å². The van der Waals surface area contributed by atoms with Gasteiger partial charge < -0.3 is 10.1 Å². The van der Waals surface area contributed by atoms with Crippen LogP contribution in [-0.4, -0.2) is 47.1 Å². The van der Waals surface area contributed by atoms with Crippen molar-refractivity contribution >= 4 is 63.0 Å². The first-order valence-corrected chi connectivity index (χ1v) is 11.3. The molecule has 2 heterocycles. The quantitative estimate of drug-likeness (QED) is 0.516. The van der Waals surface area contributed by atoms with Crippen molar-refractivity contribution in [2.45, 2.75) is 13.3 Å². The summed E-state index contributed by atoms with van der Waals surface area (Å²) in [4.78, 5) is 42.3. The Balaban J connectivity index is 1.61. The van der Waals surface area contributed by atoms with E-state index < -0.39 is 0 Å². The number of methoxy groups -OCH3 is 1. The van der Waals surface area contributed by atoms with Gasteiger partial charge in [0.1, 0.15) is 16.6 Å². The predicted molar refractivity (Wildman–Crippen MR) is 130 cm³/mol. The smallest absolute Gasteiger partial charge is 0.267 e. The Labute approximate surface area is 195 Å². The van der Waals surface area contributed by atoms with Gasteiger partial charge in [-0.3, -0.25) is 24.2 Å². The molecular formula is C23H21N3O4S2. The van der Waals surface area contributed by atoms with Crippen molar-refractivity contribution in [1.82, 2.24) is 4.90 Å². The van der Waals surface area contributed by atoms with Crippen molar-refractivity contribution in [1.29, 1.82) is 0 Å². The molecule has 2 aliphatic heterocycles. The topological polar surface area (TPSA) is 79.0 Å². The van der Waals surface area contributed by atoms with Gasteiger partial charge >= 0.3 is 0 Å². The second-order valence-corrected chi connectivity index (χ2v) is 8.86. The number of benzene rings is 2. The number of fused-ring (bicyclic) bond motifs is 1. The van der Waals surface area contributed by atoms with Gasteiger partial charge in [0.15, 0.2) is 0 Å². The van der Waals surface area contributed by atoms with Crippen LogP contribution in [0, 0.1) is 0 Å². The lowest BCUT2D eigenvalue weighted by molar-refractivity contribution is -0.122. The van der Waals surface area contributed by atoms with E-state index >= 15 is 0 Å². The van der Waals surface area contributed by atoms with Crippen LogP contribution in [0.25, 0.3) is 5.57 Å². The number of carbonyl (C=O) groups excluding carboxylic acids is 3. The average Bonchev–Trinajstić information content (AvgIpc) is 3.22. The van der Waals surface area contributed by atoms with E-state index in [0.29, 0.717) is 44.0 Å². The number of rotatable bonds is 6. The second kappa shape index (κ2) is 9.13. The summed E-state index contributed by atoms with van der Waals surface area (Å²) in [6.45, 7) is 2.29. The molecule has 0 aliphatic carbocycles. The summed E-state index contributed by atoms with van der Waals surface area (Å²) in [6.07, 6.45) is 0.761. The molecular weight excluding hydrogens is 446 g/mol. The number of nitrogens with one attached hydrogen (secondary N) is 1. The number of thioether (sulfide) groups is 1. The minimum Gasteiger partial charge on any atom is -0.497 e. The van der Waals surface area contributed by atoms with Gasteiger partial charge in [-0.05, 0) is 36.8 Å². The molecule has 0 aromatic heterocycles. The lowest BCUT2D eigenvalue weighted by Gasteiger charge is -2.17. The molecule has 1 N–H and O–H groups in total. The van der Waals surface area contributed by atoms with Crippen LogP contribution in [-0.2, 0) is 14.4 Å². The summed E-state index contributed by atoms with van der Waals surface area (Å²) >= 11 is 6.50. The molecule has 0 bridgehead atoms. The van der Waals surface area contributed by atoms with Crippen molar-refractivity contribution < 1.29 is 19.1 Å². The SMILES string of the molecule is CCCN1C(=O)C(=C2C(=O)N(CC(=O)Nc3ccc(OC)cc3)c3ccccc32)SC1=S. The molecule has 2 aromatic rings. The molecule has 164 valence electrons. The highest BCUT2D eigenvalue weighted by atomic mass is 32.2. The van der Waals surface area contributed by atoms with Crippen LogP contribution in [0.5, 0.6) is 5.75 Å². The summed E-state index contributed by atoms with van der Waals surface area (Å²) in [7, 11) is 1.57. The summed E-state index contributed by atoms with van der Waals surface area (Å²) in [5, 5.41) is 2.79. The number of para-hydroxylation sites is 1. The maximum absolute atomic E-state index is 13.4. The number of anilines is 2. The van der Waals surface area contributed by atoms with E-state index in [-0.39, 0.29) is 24.3 Å². The van der Waals surface area contributed by atoms with Crippen LogP contribution < -0.4 is 15.0 Å². The monoisotopic (exact) mass is 467 g/mol. The molecule has 1 fully saturated rings. The highest BCUT2D eigenvalue weighted by Gasteiger charge is 2.42. The molecule has 9 heteroatoms. The molecule has 32 heavy (non-hydrogen) atoms. The van der Waals surface area contributed by atoms with E-state index in [4.69, 9.17) is 17.0 Å². The lowest BCUT2D eigenvalue weighted by atomic mass is 10.1. The Kier molecular flexibility index (Phi) is 6.29. The number of nitrogens with zero attached hydrogens (tertiary/aromatic N) is 2. The van der Waals surface area contributed by atoms with Gasteiger partial charge in [0.05, 0.1) is 23.3 Å². The largest absolute Gasteiger partial charge is 0.497 e. The Hall–Kier alpha value is -3.17. The van der Waals surface area contributed by atoms with Gasteiger partial charge in [0, 0.05) is 17.8 Å². The minimum atomic E-state index is -0.381. The predicted octanol–water partition coefficient (Wildman–Crippen LogP) is 3.66. The van der Waals surface area contributed by atoms with Crippen LogP contribution in [0.3, 0.4) is 0 Å². The van der Waals surface area contributed by atoms with E-state index in [1.807, 2.05) is 6.92 Å². The number of amides is 3. The normalized spacial score (nSPS) is 17.8. The first-order chi connectivity index (χ1) is 15.4. The fourth-order valence-corrected chi connectivity index (χ4v) is 5.02. The Morgan fingerprint density at radius 3 is 2.47 bits per heavy atom. The van der Waals surface area contributed by atoms with Crippen molar-refractivity contribution in [3.63, 3.8) is 0 Å². The van der Waals surface area contributed by atoms with Gasteiger partial charge in [-0.2, -0.15) is 0 Å². The molecule has 7 nitrogen and oxygen atoms in total. The van der Waals surface area contributed by atoms with Gasteiger partial charge in [-0.25, -0.2) is 0 Å². The van der Waals surface area contributed by atoms with Crippen molar-refractivity contribution in [2.75, 3.05) is 30.4 Å². The fraction of sp³-hybridized carbons (Fsp3) is 0.217. The summed E-state index contributed by atoms with van der Waals surface area (Å²) in [5.41, 5.74) is 2.12. The summed E-state index contributed by atoms with van der Waals surface area (Å²) in [6, 6.07) is 14.1. The Morgan fingerprint density at radius 2 is 1.78 bits per heavy atom. The highest BCUT2D eigenvalue weighted by Crippen LogP contribution is 2.44. The van der Waals surface area contributed by atoms with Crippen LogP contribution in [0.1, 0.15) is 18.9 Å². The average molecular weight is 468 g/mol. The Morgan fingerprint density at radius 1 is 1.06 bits per heavy atom. The molecule has 3 amide bonds. The summed E-state index contributed by atoms with van der Waals surface area (Å²) in [5.74, 6) is -0.313. The van der Waals surface area contributed by atoms with Crippen LogP contribution >= 0.6 is 24.0 Å². The third kappa shape index (κ3) is 4.01. The van der Waals surface area contributed by atoms with Crippen molar-refractivity contribution in [3.8, 4) is 5.75 Å². The zero-order chi connectivity index (χ0) is 22.8. The zero-order valence-corrected chi connectivity index (χ0v) is 19.2. The maximum atomic E-state index is 13.4. The van der Waals surface area contributed by atoms with E-state index in [2.05, 4.69) is 5.32 Å². The zero-order valence-electron chi connectivity index (χ0n) is 17.6. The van der Waals surface area contributed by atoms with Gasteiger partial charge in [-0.15, -0.1) is 0 Å². The maximum Gasteiger partial charge on any atom is 0.267 e. The molecule has 2 aliphatic rings. The van der Waals surface area contributed by atoms with Gasteiger partial charge in [-0.1, -0.05) is 49.1 Å². The van der Waals surface area contributed by atoms with Gasteiger partial charge in [0.2, 0.25) is 5.91 Å². The molecule has 0 radical (unpaired) electrons. The number of thiocarbonyl (C=S) groups is 1. The van der Waals surface area contributed by atoms with Crippen LogP contribution in [0.4, 0.5) is 11.4 Å². The van der Waals surface area contributed by atoms with Crippen molar-refractivity contribution in [3.05, 3.63) is 59.0 Å². The molecule has 0 spiro atoms. The standard InChI is InChI=1S/C23H21N3O4S2/c1-3-12-25-22(29)20(32-23(25)31)19-16-6-4-5-7-17(16)26(21(19)28)13-18(27)24-14-8-10-15(30-2)11-9-14/h4-11H,3,12-13H2,1-2H3,(H,24,27). The molecule has 4 rings (SSSR count). The fourth-order valence-electron chi connectivity index (χ4n) is 3.64. The molecule has 0 unspecified atom stereocenters. The lowest BCUT2D eigenvalue weighted by Crippen LogP contribution is -2.35. The van der Waals surface area contributed by atoms with E-state index in [0.717, 1.165) is 18.2 Å². The molecule has 0 atom stereocenters. The number of carbonyl (C=O) groups is 3. The van der Waals surface area contributed by atoms with Crippen LogP contribution in [0.15, 0.2) is 53.4 Å². The highest BCUT2D eigenvalue weighted by molar-refractivity contribution is 8.26. The first kappa shape index (κ1) is 22.0. The van der Waals surface area contributed by atoms with E-state index in [1.165, 1.54) is 9.80 Å². The number of hydrogen-bond acceptors (Lipinski definition) is 6. The third-order valence-electron chi connectivity index (χ3n) is 5.12. The van der Waals surface area contributed by atoms with E-state index in [1.54, 1.807) is 55.6 Å².